The first-order chi connectivity index (χ1) is 12.7. The largest absolute Gasteiger partial charge is 0.497 e. The van der Waals surface area contributed by atoms with Crippen LogP contribution in [-0.2, 0) is 11.2 Å². The maximum atomic E-state index is 12.8. The van der Waals surface area contributed by atoms with E-state index in [2.05, 4.69) is 25.9 Å². The Kier molecular flexibility index (Phi) is 5.43. The van der Waals surface area contributed by atoms with Crippen molar-refractivity contribution in [3.63, 3.8) is 0 Å². The highest BCUT2D eigenvalue weighted by Gasteiger charge is 2.21. The molecule has 0 fully saturated rings. The fraction of sp³-hybridized carbons (Fsp3) is 0.222. The summed E-state index contributed by atoms with van der Waals surface area (Å²) in [7, 11) is 3.19. The van der Waals surface area contributed by atoms with Crippen LogP contribution in [0.25, 0.3) is 0 Å². The molecular formula is C18H18N5O3-. The fourth-order valence-corrected chi connectivity index (χ4v) is 2.49. The van der Waals surface area contributed by atoms with Crippen LogP contribution in [0.2, 0.25) is 0 Å². The molecule has 1 atom stereocenters. The summed E-state index contributed by atoms with van der Waals surface area (Å²) < 4.78 is 10.3. The van der Waals surface area contributed by atoms with E-state index in [1.165, 1.54) is 0 Å². The molecule has 3 rings (SSSR count). The van der Waals surface area contributed by atoms with Gasteiger partial charge in [0.2, 0.25) is 5.91 Å². The summed E-state index contributed by atoms with van der Waals surface area (Å²) in [4.78, 5) is 12.8. The second kappa shape index (κ2) is 8.11. The number of nitrogens with zero attached hydrogens (tertiary/aromatic N) is 4. The lowest BCUT2D eigenvalue weighted by atomic mass is 9.97. The third kappa shape index (κ3) is 4.15. The van der Waals surface area contributed by atoms with Crippen molar-refractivity contribution in [3.8, 4) is 11.5 Å². The van der Waals surface area contributed by atoms with Gasteiger partial charge in [-0.25, -0.2) is 0 Å². The van der Waals surface area contributed by atoms with E-state index in [1.54, 1.807) is 38.5 Å². The van der Waals surface area contributed by atoms with Gasteiger partial charge in [-0.15, -0.1) is 0 Å². The number of tetrazole rings is 1. The second-order valence-corrected chi connectivity index (χ2v) is 5.56. The van der Waals surface area contributed by atoms with Crippen molar-refractivity contribution in [3.05, 3.63) is 59.9 Å². The van der Waals surface area contributed by atoms with E-state index in [9.17, 15) is 4.79 Å². The number of nitrogens with one attached hydrogen (secondary N) is 1. The zero-order valence-corrected chi connectivity index (χ0v) is 14.4. The molecule has 1 amide bonds. The first-order valence-corrected chi connectivity index (χ1v) is 7.96. The molecule has 8 nitrogen and oxygen atoms in total. The molecular weight excluding hydrogens is 334 g/mol. The maximum Gasteiger partial charge on any atom is 0.232 e. The Morgan fingerprint density at radius 2 is 1.65 bits per heavy atom. The zero-order chi connectivity index (χ0) is 18.4. The molecule has 134 valence electrons. The quantitative estimate of drug-likeness (QED) is 0.692. The Labute approximate surface area is 150 Å². The molecule has 1 aromatic heterocycles. The summed E-state index contributed by atoms with van der Waals surface area (Å²) >= 11 is 0. The van der Waals surface area contributed by atoms with Crippen molar-refractivity contribution < 1.29 is 14.3 Å². The number of amides is 1. The monoisotopic (exact) mass is 352 g/mol. The average molecular weight is 352 g/mol. The van der Waals surface area contributed by atoms with Crippen LogP contribution in [0.4, 0.5) is 5.69 Å². The Morgan fingerprint density at radius 1 is 1.04 bits per heavy atom. The van der Waals surface area contributed by atoms with Crippen LogP contribution in [0, 0.1) is 0 Å². The van der Waals surface area contributed by atoms with Crippen LogP contribution in [0.3, 0.4) is 0 Å². The molecule has 0 aliphatic heterocycles. The molecule has 1 N–H and O–H groups in total. The molecule has 26 heavy (non-hydrogen) atoms. The van der Waals surface area contributed by atoms with Crippen LogP contribution < -0.4 is 19.9 Å². The Hall–Kier alpha value is -3.42. The number of hydrogen-bond donors (Lipinski definition) is 1. The molecule has 0 aliphatic carbocycles. The fourth-order valence-electron chi connectivity index (χ4n) is 2.49. The molecule has 0 saturated carbocycles. The van der Waals surface area contributed by atoms with E-state index in [4.69, 9.17) is 9.47 Å². The van der Waals surface area contributed by atoms with Crippen molar-refractivity contribution in [2.75, 3.05) is 19.5 Å². The third-order valence-corrected chi connectivity index (χ3v) is 3.92. The topological polar surface area (TPSA) is 100 Å². The SMILES string of the molecule is COc1ccc(C[C@@H](C(=O)Nc2ccc(OC)cc2)c2nnn[n-]2)cc1. The van der Waals surface area contributed by atoms with Gasteiger partial charge in [-0.1, -0.05) is 12.1 Å². The zero-order valence-electron chi connectivity index (χ0n) is 14.4. The van der Waals surface area contributed by atoms with Gasteiger partial charge in [0, 0.05) is 11.5 Å². The molecule has 1 heterocycles. The van der Waals surface area contributed by atoms with Gasteiger partial charge in [-0.2, -0.15) is 5.21 Å². The highest BCUT2D eigenvalue weighted by atomic mass is 16.5. The Bertz CT molecular complexity index is 832. The molecule has 2 aromatic carbocycles. The van der Waals surface area contributed by atoms with E-state index in [-0.39, 0.29) is 11.7 Å². The first-order valence-electron chi connectivity index (χ1n) is 7.96. The van der Waals surface area contributed by atoms with E-state index in [0.717, 1.165) is 11.3 Å². The summed E-state index contributed by atoms with van der Waals surface area (Å²) in [6.45, 7) is 0. The lowest BCUT2D eigenvalue weighted by Gasteiger charge is -2.17. The van der Waals surface area contributed by atoms with Gasteiger partial charge < -0.3 is 19.9 Å². The summed E-state index contributed by atoms with van der Waals surface area (Å²) in [5.74, 6) is 0.902. The van der Waals surface area contributed by atoms with Crippen molar-refractivity contribution >= 4 is 11.6 Å². The van der Waals surface area contributed by atoms with E-state index >= 15 is 0 Å². The molecule has 0 bridgehead atoms. The van der Waals surface area contributed by atoms with Crippen LogP contribution in [0.15, 0.2) is 48.5 Å². The highest BCUT2D eigenvalue weighted by Crippen LogP contribution is 2.22. The van der Waals surface area contributed by atoms with Gasteiger partial charge in [0.25, 0.3) is 0 Å². The van der Waals surface area contributed by atoms with E-state index in [1.807, 2.05) is 24.3 Å². The molecule has 0 aliphatic rings. The minimum absolute atomic E-state index is 0.235. The molecule has 0 unspecified atom stereocenters. The number of aromatic nitrogens is 4. The lowest BCUT2D eigenvalue weighted by molar-refractivity contribution is -0.117. The van der Waals surface area contributed by atoms with Crippen LogP contribution in [0.5, 0.6) is 11.5 Å². The van der Waals surface area contributed by atoms with E-state index in [0.29, 0.717) is 17.9 Å². The molecule has 8 heteroatoms. The molecule has 0 spiro atoms. The van der Waals surface area contributed by atoms with E-state index < -0.39 is 5.92 Å². The number of methoxy groups -OCH3 is 2. The minimum atomic E-state index is -0.611. The smallest absolute Gasteiger partial charge is 0.232 e. The minimum Gasteiger partial charge on any atom is -0.497 e. The normalized spacial score (nSPS) is 11.6. The Morgan fingerprint density at radius 3 is 2.19 bits per heavy atom. The van der Waals surface area contributed by atoms with Gasteiger partial charge in [0.1, 0.15) is 11.5 Å². The summed E-state index contributed by atoms with van der Waals surface area (Å²) in [5.41, 5.74) is 1.61. The summed E-state index contributed by atoms with van der Waals surface area (Å²) in [5, 5.41) is 17.6. The predicted octanol–water partition coefficient (Wildman–Crippen LogP) is 1.81. The molecule has 0 saturated heterocycles. The van der Waals surface area contributed by atoms with Crippen molar-refractivity contribution in [1.82, 2.24) is 20.6 Å². The predicted molar refractivity (Wildman–Crippen MR) is 94.2 cm³/mol. The second-order valence-electron chi connectivity index (χ2n) is 5.56. The molecule has 0 radical (unpaired) electrons. The highest BCUT2D eigenvalue weighted by molar-refractivity contribution is 5.95. The average Bonchev–Trinajstić information content (AvgIpc) is 3.21. The van der Waals surface area contributed by atoms with Crippen LogP contribution in [0.1, 0.15) is 17.3 Å². The van der Waals surface area contributed by atoms with Crippen molar-refractivity contribution in [2.24, 2.45) is 0 Å². The van der Waals surface area contributed by atoms with Gasteiger partial charge >= 0.3 is 0 Å². The van der Waals surface area contributed by atoms with Gasteiger partial charge in [0.05, 0.1) is 20.1 Å². The first kappa shape index (κ1) is 17.4. The number of rotatable bonds is 7. The Balaban J connectivity index is 1.77. The van der Waals surface area contributed by atoms with Crippen molar-refractivity contribution in [1.29, 1.82) is 0 Å². The number of hydrogen-bond acceptors (Lipinski definition) is 6. The lowest BCUT2D eigenvalue weighted by Crippen LogP contribution is -2.24. The standard InChI is InChI=1S/C18H19N5O3/c1-25-14-7-3-12(4-8-14)11-16(17-20-22-23-21-17)18(24)19-13-5-9-15(26-2)10-6-13/h3-10,16H,11H2,1-2H3,(H2,19,20,21,22,23,24)/p-1/t16-/m1/s1. The van der Waals surface area contributed by atoms with Crippen LogP contribution in [-0.4, -0.2) is 35.7 Å². The van der Waals surface area contributed by atoms with Gasteiger partial charge in [-0.3, -0.25) is 15.1 Å². The van der Waals surface area contributed by atoms with Crippen molar-refractivity contribution in [2.45, 2.75) is 12.3 Å². The third-order valence-electron chi connectivity index (χ3n) is 3.92. The number of anilines is 1. The molecule has 3 aromatic rings. The number of benzene rings is 2. The van der Waals surface area contributed by atoms with Gasteiger partial charge in [0.15, 0.2) is 0 Å². The number of ether oxygens (including phenoxy) is 2. The van der Waals surface area contributed by atoms with Gasteiger partial charge in [-0.05, 0) is 48.4 Å². The number of carbonyl (C=O) groups is 1. The number of carbonyl (C=O) groups excluding carboxylic acids is 1. The van der Waals surface area contributed by atoms with Crippen LogP contribution >= 0.6 is 0 Å². The maximum absolute atomic E-state index is 12.8. The summed E-state index contributed by atoms with van der Waals surface area (Å²) in [6, 6.07) is 14.6. The summed E-state index contributed by atoms with van der Waals surface area (Å²) in [6.07, 6.45) is 0.416.